The first kappa shape index (κ1) is 33.5. The minimum absolute atomic E-state index is 0.216. The number of hydrogen-bond acceptors (Lipinski definition) is 8. The van der Waals surface area contributed by atoms with Crippen LogP contribution in [-0.2, 0) is 9.47 Å². The summed E-state index contributed by atoms with van der Waals surface area (Å²) in [5, 5.41) is 0. The highest BCUT2D eigenvalue weighted by molar-refractivity contribution is 5.92. The van der Waals surface area contributed by atoms with Gasteiger partial charge in [0, 0.05) is 17.4 Å². The summed E-state index contributed by atoms with van der Waals surface area (Å²) in [5.74, 6) is 1.24. The molecule has 1 saturated heterocycles. The van der Waals surface area contributed by atoms with Gasteiger partial charge in [0.15, 0.2) is 0 Å². The van der Waals surface area contributed by atoms with Crippen molar-refractivity contribution in [2.75, 3.05) is 39.6 Å². The summed E-state index contributed by atoms with van der Waals surface area (Å²) in [5.41, 5.74) is 2.02. The van der Waals surface area contributed by atoms with Gasteiger partial charge in [0.25, 0.3) is 0 Å². The summed E-state index contributed by atoms with van der Waals surface area (Å²) in [4.78, 5) is 25.5. The molecule has 1 saturated carbocycles. The summed E-state index contributed by atoms with van der Waals surface area (Å²) < 4.78 is 34.2. The van der Waals surface area contributed by atoms with Crippen LogP contribution in [0.5, 0.6) is 23.0 Å². The monoisotopic (exact) mass is 630 g/mol. The van der Waals surface area contributed by atoms with E-state index in [1.165, 1.54) is 19.3 Å². The molecule has 0 unspecified atom stereocenters. The Labute approximate surface area is 272 Å². The molecule has 246 valence electrons. The van der Waals surface area contributed by atoms with Crippen molar-refractivity contribution in [2.45, 2.75) is 65.7 Å². The molecule has 2 fully saturated rings. The van der Waals surface area contributed by atoms with E-state index < -0.39 is 11.9 Å². The lowest BCUT2D eigenvalue weighted by Gasteiger charge is -2.40. The van der Waals surface area contributed by atoms with Gasteiger partial charge >= 0.3 is 11.9 Å². The van der Waals surface area contributed by atoms with E-state index in [0.717, 1.165) is 51.3 Å². The lowest BCUT2D eigenvalue weighted by Crippen LogP contribution is -2.45. The largest absolute Gasteiger partial charge is 0.494 e. The molecule has 0 spiro atoms. The van der Waals surface area contributed by atoms with Crippen molar-refractivity contribution in [1.82, 2.24) is 0 Å². The summed E-state index contributed by atoms with van der Waals surface area (Å²) in [6.45, 7) is 10.5. The van der Waals surface area contributed by atoms with E-state index in [9.17, 15) is 9.59 Å². The Balaban J connectivity index is 1.02. The SMILES string of the molecule is CCC1(COCCCCOc2ccc(C(=O)Oc3ccc(OC(=O)c4ccc(OCC5(CC)CCC5)cc4)cc3C)cc2)COC1. The van der Waals surface area contributed by atoms with Gasteiger partial charge in [-0.2, -0.15) is 0 Å². The van der Waals surface area contributed by atoms with E-state index in [-0.39, 0.29) is 5.41 Å². The van der Waals surface area contributed by atoms with Crippen molar-refractivity contribution >= 4 is 11.9 Å². The van der Waals surface area contributed by atoms with E-state index in [0.29, 0.717) is 59.2 Å². The van der Waals surface area contributed by atoms with Gasteiger partial charge < -0.3 is 28.4 Å². The molecule has 0 radical (unpaired) electrons. The average molecular weight is 631 g/mol. The predicted molar refractivity (Wildman–Crippen MR) is 175 cm³/mol. The third-order valence-corrected chi connectivity index (χ3v) is 9.38. The van der Waals surface area contributed by atoms with Crippen LogP contribution >= 0.6 is 0 Å². The van der Waals surface area contributed by atoms with E-state index in [1.54, 1.807) is 73.7 Å². The molecule has 1 heterocycles. The number of carbonyl (C=O) groups is 2. The average Bonchev–Trinajstić information content (AvgIpc) is 3.03. The normalized spacial score (nSPS) is 16.1. The zero-order valence-corrected chi connectivity index (χ0v) is 27.3. The molecular formula is C38H46O8. The van der Waals surface area contributed by atoms with Gasteiger partial charge in [-0.05, 0) is 118 Å². The maximum Gasteiger partial charge on any atom is 0.343 e. The zero-order valence-electron chi connectivity index (χ0n) is 27.3. The van der Waals surface area contributed by atoms with Crippen molar-refractivity contribution in [2.24, 2.45) is 10.8 Å². The van der Waals surface area contributed by atoms with Crippen LogP contribution < -0.4 is 18.9 Å². The van der Waals surface area contributed by atoms with Gasteiger partial charge in [-0.25, -0.2) is 9.59 Å². The first-order chi connectivity index (χ1) is 22.3. The van der Waals surface area contributed by atoms with Crippen LogP contribution in [-0.4, -0.2) is 51.6 Å². The van der Waals surface area contributed by atoms with Crippen molar-refractivity contribution in [3.8, 4) is 23.0 Å². The Morgan fingerprint density at radius 1 is 0.696 bits per heavy atom. The van der Waals surface area contributed by atoms with Crippen LogP contribution in [0.1, 0.15) is 85.1 Å². The maximum absolute atomic E-state index is 12.8. The fourth-order valence-corrected chi connectivity index (χ4v) is 5.58. The van der Waals surface area contributed by atoms with E-state index >= 15 is 0 Å². The number of carbonyl (C=O) groups excluding carboxylic acids is 2. The Hall–Kier alpha value is -3.88. The molecule has 3 aromatic carbocycles. The summed E-state index contributed by atoms with van der Waals surface area (Å²) in [7, 11) is 0. The number of ether oxygens (including phenoxy) is 6. The molecule has 46 heavy (non-hydrogen) atoms. The smallest absolute Gasteiger partial charge is 0.343 e. The minimum atomic E-state index is -0.484. The highest BCUT2D eigenvalue weighted by atomic mass is 16.5. The van der Waals surface area contributed by atoms with Gasteiger partial charge in [-0.3, -0.25) is 0 Å². The van der Waals surface area contributed by atoms with Crippen LogP contribution in [0.2, 0.25) is 0 Å². The lowest BCUT2D eigenvalue weighted by molar-refractivity contribution is -0.150. The third kappa shape index (κ3) is 8.68. The second kappa shape index (κ2) is 15.6. The topological polar surface area (TPSA) is 89.5 Å². The first-order valence-electron chi connectivity index (χ1n) is 16.5. The van der Waals surface area contributed by atoms with Gasteiger partial charge in [0.1, 0.15) is 23.0 Å². The second-order valence-corrected chi connectivity index (χ2v) is 12.7. The number of benzene rings is 3. The van der Waals surface area contributed by atoms with Crippen LogP contribution in [0.25, 0.3) is 0 Å². The number of esters is 2. The lowest BCUT2D eigenvalue weighted by atomic mass is 9.68. The van der Waals surface area contributed by atoms with Gasteiger partial charge in [-0.15, -0.1) is 0 Å². The molecule has 8 nitrogen and oxygen atoms in total. The molecule has 3 aromatic rings. The van der Waals surface area contributed by atoms with Gasteiger partial charge in [-0.1, -0.05) is 20.3 Å². The van der Waals surface area contributed by atoms with Crippen molar-refractivity contribution < 1.29 is 38.0 Å². The standard InChI is InChI=1S/C38H46O8/c1-4-37(19-8-20-37)27-44-32-15-11-29(12-16-32)35(39)45-33-17-18-34(28(3)23-33)46-36(40)30-9-13-31(14-10-30)43-22-7-6-21-41-24-38(5-2)25-42-26-38/h9-18,23H,4-8,19-22,24-27H2,1-3H3. The van der Waals surface area contributed by atoms with Crippen LogP contribution in [0.15, 0.2) is 66.7 Å². The van der Waals surface area contributed by atoms with E-state index in [2.05, 4.69) is 13.8 Å². The summed E-state index contributed by atoms with van der Waals surface area (Å²) >= 11 is 0. The number of aryl methyl sites for hydroxylation is 1. The minimum Gasteiger partial charge on any atom is -0.494 e. The van der Waals surface area contributed by atoms with Gasteiger partial charge in [0.05, 0.1) is 44.2 Å². The molecule has 1 aliphatic heterocycles. The van der Waals surface area contributed by atoms with Crippen molar-refractivity contribution in [3.63, 3.8) is 0 Å². The molecule has 0 N–H and O–H groups in total. The quantitative estimate of drug-likeness (QED) is 0.0842. The van der Waals surface area contributed by atoms with E-state index in [4.69, 9.17) is 28.4 Å². The summed E-state index contributed by atoms with van der Waals surface area (Å²) in [6.07, 6.45) is 7.69. The molecule has 5 rings (SSSR count). The third-order valence-electron chi connectivity index (χ3n) is 9.38. The molecular weight excluding hydrogens is 584 g/mol. The van der Waals surface area contributed by atoms with Crippen molar-refractivity contribution in [1.29, 1.82) is 0 Å². The van der Waals surface area contributed by atoms with Crippen LogP contribution in [0.3, 0.4) is 0 Å². The van der Waals surface area contributed by atoms with Crippen LogP contribution in [0, 0.1) is 17.8 Å². The number of hydrogen-bond donors (Lipinski definition) is 0. The molecule has 0 atom stereocenters. The second-order valence-electron chi connectivity index (χ2n) is 12.7. The Kier molecular flexibility index (Phi) is 11.4. The number of unbranched alkanes of at least 4 members (excludes halogenated alkanes) is 1. The summed E-state index contributed by atoms with van der Waals surface area (Å²) in [6, 6.07) is 18.8. The Morgan fingerprint density at radius 3 is 1.83 bits per heavy atom. The van der Waals surface area contributed by atoms with Crippen molar-refractivity contribution in [3.05, 3.63) is 83.4 Å². The Morgan fingerprint density at radius 2 is 1.28 bits per heavy atom. The highest BCUT2D eigenvalue weighted by Crippen LogP contribution is 2.44. The molecule has 2 aliphatic rings. The zero-order chi connectivity index (χ0) is 32.4. The molecule has 8 heteroatoms. The maximum atomic E-state index is 12.8. The highest BCUT2D eigenvalue weighted by Gasteiger charge is 2.37. The van der Waals surface area contributed by atoms with Crippen LogP contribution in [0.4, 0.5) is 0 Å². The fraction of sp³-hybridized carbons (Fsp3) is 0.474. The number of rotatable bonds is 17. The predicted octanol–water partition coefficient (Wildman–Crippen LogP) is 7.99. The molecule has 1 aliphatic carbocycles. The Bertz CT molecular complexity index is 1430. The fourth-order valence-electron chi connectivity index (χ4n) is 5.58. The molecule has 0 amide bonds. The van der Waals surface area contributed by atoms with E-state index in [1.807, 2.05) is 0 Å². The molecule has 0 aromatic heterocycles. The van der Waals surface area contributed by atoms with Gasteiger partial charge in [0.2, 0.25) is 0 Å². The molecule has 0 bridgehead atoms. The first-order valence-corrected chi connectivity index (χ1v) is 16.5.